The van der Waals surface area contributed by atoms with Crippen LogP contribution < -0.4 is 10.8 Å². The van der Waals surface area contributed by atoms with Crippen molar-refractivity contribution in [2.24, 2.45) is 5.50 Å². The first-order valence-electron chi connectivity index (χ1n) is 3.36. The lowest BCUT2D eigenvalue weighted by Crippen LogP contribution is -2.11. The molecule has 0 saturated carbocycles. The zero-order chi connectivity index (χ0) is 10.1. The Morgan fingerprint density at radius 1 is 1.31 bits per heavy atom. The molecule has 0 aromatic heterocycles. The van der Waals surface area contributed by atoms with Crippen LogP contribution in [0.1, 0.15) is 10.4 Å². The van der Waals surface area contributed by atoms with E-state index >= 15 is 0 Å². The van der Waals surface area contributed by atoms with E-state index in [0.29, 0.717) is 0 Å². The van der Waals surface area contributed by atoms with Gasteiger partial charge in [-0.2, -0.15) is 0 Å². The number of rotatable bonds is 2. The molecule has 0 fully saturated rings. The van der Waals surface area contributed by atoms with E-state index in [1.807, 2.05) is 0 Å². The SMILES string of the molecule is NP(=O)(O)c1ccc(C(=O)O)cc1. The zero-order valence-electron chi connectivity index (χ0n) is 6.54. The van der Waals surface area contributed by atoms with Crippen molar-refractivity contribution in [2.75, 3.05) is 0 Å². The van der Waals surface area contributed by atoms with E-state index in [9.17, 15) is 9.36 Å². The summed E-state index contributed by atoms with van der Waals surface area (Å²) in [6.45, 7) is 0. The molecule has 0 saturated heterocycles. The summed E-state index contributed by atoms with van der Waals surface area (Å²) < 4.78 is 10.9. The Kier molecular flexibility index (Phi) is 2.52. The van der Waals surface area contributed by atoms with Gasteiger partial charge in [-0.25, -0.2) is 4.79 Å². The fraction of sp³-hybridized carbons (Fsp3) is 0. The summed E-state index contributed by atoms with van der Waals surface area (Å²) in [6, 6.07) is 4.91. The third-order valence-electron chi connectivity index (χ3n) is 1.48. The fourth-order valence-corrected chi connectivity index (χ4v) is 1.39. The molecule has 0 aliphatic carbocycles. The summed E-state index contributed by atoms with van der Waals surface area (Å²) in [5.74, 6) is -1.09. The largest absolute Gasteiger partial charge is 0.478 e. The molecule has 1 rings (SSSR count). The van der Waals surface area contributed by atoms with Crippen molar-refractivity contribution in [1.82, 2.24) is 0 Å². The van der Waals surface area contributed by atoms with Gasteiger partial charge in [0.15, 0.2) is 0 Å². The van der Waals surface area contributed by atoms with Crippen molar-refractivity contribution in [3.05, 3.63) is 29.8 Å². The second kappa shape index (κ2) is 3.30. The molecule has 70 valence electrons. The quantitative estimate of drug-likeness (QED) is 0.591. The van der Waals surface area contributed by atoms with E-state index in [-0.39, 0.29) is 10.9 Å². The van der Waals surface area contributed by atoms with Crippen LogP contribution >= 0.6 is 7.52 Å². The summed E-state index contributed by atoms with van der Waals surface area (Å²) in [5, 5.41) is 8.56. The topological polar surface area (TPSA) is 101 Å². The monoisotopic (exact) mass is 201 g/mol. The first-order chi connectivity index (χ1) is 5.91. The first-order valence-corrected chi connectivity index (χ1v) is 5.09. The van der Waals surface area contributed by atoms with Crippen LogP contribution in [-0.4, -0.2) is 16.0 Å². The molecule has 4 N–H and O–H groups in total. The van der Waals surface area contributed by atoms with E-state index < -0.39 is 13.5 Å². The van der Waals surface area contributed by atoms with Gasteiger partial charge in [0, 0.05) is 0 Å². The minimum absolute atomic E-state index is 0.0394. The molecular weight excluding hydrogens is 193 g/mol. The molecule has 5 nitrogen and oxygen atoms in total. The maximum Gasteiger partial charge on any atom is 0.335 e. The molecular formula is C7H8NO4P. The fourth-order valence-electron chi connectivity index (χ4n) is 0.818. The maximum atomic E-state index is 10.9. The Bertz CT molecular complexity index is 367. The Balaban J connectivity index is 3.08. The van der Waals surface area contributed by atoms with E-state index in [2.05, 4.69) is 0 Å². The summed E-state index contributed by atoms with van der Waals surface area (Å²) >= 11 is 0. The molecule has 0 aliphatic heterocycles. The van der Waals surface area contributed by atoms with E-state index in [1.54, 1.807) is 0 Å². The number of carbonyl (C=O) groups is 1. The minimum atomic E-state index is -3.76. The molecule has 6 heteroatoms. The second-order valence-corrected chi connectivity index (χ2v) is 4.24. The molecule has 0 bridgehead atoms. The van der Waals surface area contributed by atoms with Crippen molar-refractivity contribution in [1.29, 1.82) is 0 Å². The van der Waals surface area contributed by atoms with Crippen molar-refractivity contribution < 1.29 is 19.4 Å². The Morgan fingerprint density at radius 3 is 2.08 bits per heavy atom. The Morgan fingerprint density at radius 2 is 1.77 bits per heavy atom. The van der Waals surface area contributed by atoms with Gasteiger partial charge in [-0.05, 0) is 24.3 Å². The molecule has 0 amide bonds. The molecule has 13 heavy (non-hydrogen) atoms. The Hall–Kier alpha value is -1.16. The average Bonchev–Trinajstić information content (AvgIpc) is 2.03. The molecule has 1 atom stereocenters. The van der Waals surface area contributed by atoms with Crippen LogP contribution in [0, 0.1) is 0 Å². The van der Waals surface area contributed by atoms with Crippen molar-refractivity contribution >= 4 is 18.8 Å². The number of aromatic carboxylic acids is 1. The number of nitrogens with two attached hydrogens (primary N) is 1. The molecule has 0 heterocycles. The third kappa shape index (κ3) is 2.39. The second-order valence-electron chi connectivity index (χ2n) is 2.47. The number of carboxylic acids is 1. The molecule has 1 unspecified atom stereocenters. The average molecular weight is 201 g/mol. The van der Waals surface area contributed by atoms with Gasteiger partial charge in [0.2, 0.25) is 0 Å². The van der Waals surface area contributed by atoms with E-state index in [4.69, 9.17) is 15.5 Å². The van der Waals surface area contributed by atoms with Crippen LogP contribution in [0.25, 0.3) is 0 Å². The first kappa shape index (κ1) is 9.92. The predicted molar refractivity (Wildman–Crippen MR) is 47.0 cm³/mol. The highest BCUT2D eigenvalue weighted by atomic mass is 31.2. The smallest absolute Gasteiger partial charge is 0.335 e. The summed E-state index contributed by atoms with van der Waals surface area (Å²) in [4.78, 5) is 19.3. The van der Waals surface area contributed by atoms with Crippen LogP contribution in [0.15, 0.2) is 24.3 Å². The van der Waals surface area contributed by atoms with Crippen LogP contribution in [-0.2, 0) is 4.57 Å². The summed E-state index contributed by atoms with van der Waals surface area (Å²) in [6.07, 6.45) is 0. The lowest BCUT2D eigenvalue weighted by molar-refractivity contribution is 0.0697. The molecule has 0 spiro atoms. The van der Waals surface area contributed by atoms with Crippen LogP contribution in [0.2, 0.25) is 0 Å². The van der Waals surface area contributed by atoms with Gasteiger partial charge >= 0.3 is 5.97 Å². The Labute approximate surface area is 74.3 Å². The predicted octanol–water partition coefficient (Wildman–Crippen LogP) is 0.154. The highest BCUT2D eigenvalue weighted by Crippen LogP contribution is 2.27. The van der Waals surface area contributed by atoms with Gasteiger partial charge in [-0.1, -0.05) is 0 Å². The number of hydrogen-bond donors (Lipinski definition) is 3. The lowest BCUT2D eigenvalue weighted by Gasteiger charge is -2.04. The van der Waals surface area contributed by atoms with Crippen molar-refractivity contribution in [3.63, 3.8) is 0 Å². The lowest BCUT2D eigenvalue weighted by atomic mass is 10.2. The van der Waals surface area contributed by atoms with Crippen LogP contribution in [0.5, 0.6) is 0 Å². The number of hydrogen-bond acceptors (Lipinski definition) is 2. The maximum absolute atomic E-state index is 10.9. The molecule has 0 radical (unpaired) electrons. The number of carboxylic acid groups (broad SMARTS) is 1. The molecule has 1 aromatic rings. The van der Waals surface area contributed by atoms with Gasteiger partial charge in [0.05, 0.1) is 10.9 Å². The highest BCUT2D eigenvalue weighted by molar-refractivity contribution is 7.63. The van der Waals surface area contributed by atoms with Crippen LogP contribution in [0.3, 0.4) is 0 Å². The highest BCUT2D eigenvalue weighted by Gasteiger charge is 2.14. The minimum Gasteiger partial charge on any atom is -0.478 e. The van der Waals surface area contributed by atoms with Gasteiger partial charge in [-0.3, -0.25) is 10.1 Å². The normalized spacial score (nSPS) is 14.9. The van der Waals surface area contributed by atoms with E-state index in [0.717, 1.165) is 0 Å². The van der Waals surface area contributed by atoms with Gasteiger partial charge in [-0.15, -0.1) is 0 Å². The van der Waals surface area contributed by atoms with E-state index in [1.165, 1.54) is 24.3 Å². The van der Waals surface area contributed by atoms with Gasteiger partial charge in [0.25, 0.3) is 7.52 Å². The van der Waals surface area contributed by atoms with Crippen molar-refractivity contribution in [2.45, 2.75) is 0 Å². The third-order valence-corrected chi connectivity index (χ3v) is 2.52. The number of benzene rings is 1. The van der Waals surface area contributed by atoms with Gasteiger partial charge < -0.3 is 10.00 Å². The van der Waals surface area contributed by atoms with Crippen molar-refractivity contribution in [3.8, 4) is 0 Å². The zero-order valence-corrected chi connectivity index (χ0v) is 7.44. The van der Waals surface area contributed by atoms with Crippen LogP contribution in [0.4, 0.5) is 0 Å². The molecule has 1 aromatic carbocycles. The summed E-state index contributed by atoms with van der Waals surface area (Å²) in [5.41, 5.74) is 5.00. The van der Waals surface area contributed by atoms with Gasteiger partial charge in [0.1, 0.15) is 0 Å². The standard InChI is InChI=1S/C7H8NO4P/c8-13(11,12)6-3-1-5(2-4-6)7(9)10/h1-4H,(H,9,10)(H3,8,11,12). The summed E-state index contributed by atoms with van der Waals surface area (Å²) in [7, 11) is -3.76. The molecule has 0 aliphatic rings.